The molecule has 0 bridgehead atoms. The number of carbonyl (C=O) groups is 1. The topological polar surface area (TPSA) is 67.3 Å². The molecule has 6 nitrogen and oxygen atoms in total. The Kier molecular flexibility index (Phi) is 5.32. The fourth-order valence-electron chi connectivity index (χ4n) is 2.81. The number of carbonyl (C=O) groups excluding carboxylic acids is 1. The fraction of sp³-hybridized carbons (Fsp3) is 0.421. The van der Waals surface area contributed by atoms with Crippen molar-refractivity contribution in [2.75, 3.05) is 11.9 Å². The molecule has 1 aromatic heterocycles. The number of aromatic nitrogens is 2. The molecule has 0 saturated heterocycles. The third-order valence-electron chi connectivity index (χ3n) is 3.99. The molecule has 0 radical (unpaired) electrons. The Morgan fingerprint density at radius 3 is 2.69 bits per heavy atom. The molecule has 2 aromatic rings. The molecule has 0 aliphatic carbocycles. The lowest BCUT2D eigenvalue weighted by atomic mass is 10.1. The molecule has 0 fully saturated rings. The van der Waals surface area contributed by atoms with Gasteiger partial charge in [-0.25, -0.2) is 14.8 Å². The van der Waals surface area contributed by atoms with Crippen LogP contribution in [0.2, 0.25) is 5.28 Å². The molecule has 7 heteroatoms. The Hall–Kier alpha value is -2.34. The quantitative estimate of drug-likeness (QED) is 0.821. The lowest BCUT2D eigenvalue weighted by Gasteiger charge is -2.31. The summed E-state index contributed by atoms with van der Waals surface area (Å²) in [5.41, 5.74) is 2.40. The lowest BCUT2D eigenvalue weighted by Crippen LogP contribution is -2.40. The van der Waals surface area contributed by atoms with Gasteiger partial charge in [0.05, 0.1) is 12.2 Å². The highest BCUT2D eigenvalue weighted by Gasteiger charge is 2.28. The van der Waals surface area contributed by atoms with Gasteiger partial charge in [0.1, 0.15) is 11.4 Å². The molecule has 0 spiro atoms. The number of nitrogens with one attached hydrogen (secondary N) is 1. The highest BCUT2D eigenvalue weighted by Crippen LogP contribution is 2.26. The highest BCUT2D eigenvalue weighted by atomic mass is 35.5. The van der Waals surface area contributed by atoms with Gasteiger partial charge < -0.3 is 15.0 Å². The molecule has 138 valence electrons. The van der Waals surface area contributed by atoms with Crippen molar-refractivity contribution in [3.05, 3.63) is 52.4 Å². The standard InChI is InChI=1S/C19H23ClN4O2/c1-19(2,3)26-18(25)24-10-9-14-15(12-24)22-17(20)23-16(14)21-11-13-7-5-4-6-8-13/h4-8H,9-12H2,1-3H3,(H,21,22,23). The summed E-state index contributed by atoms with van der Waals surface area (Å²) < 4.78 is 5.45. The van der Waals surface area contributed by atoms with Gasteiger partial charge in [-0.15, -0.1) is 0 Å². The number of amides is 1. The molecule has 26 heavy (non-hydrogen) atoms. The van der Waals surface area contributed by atoms with E-state index in [1.54, 1.807) is 4.90 Å². The molecule has 0 saturated carbocycles. The summed E-state index contributed by atoms with van der Waals surface area (Å²) in [6.45, 7) is 7.14. The van der Waals surface area contributed by atoms with Crippen molar-refractivity contribution in [3.8, 4) is 0 Å². The van der Waals surface area contributed by atoms with Gasteiger partial charge in [-0.2, -0.15) is 0 Å². The first-order valence-corrected chi connectivity index (χ1v) is 9.00. The van der Waals surface area contributed by atoms with Crippen LogP contribution >= 0.6 is 11.6 Å². The number of halogens is 1. The van der Waals surface area contributed by atoms with Crippen LogP contribution in [-0.2, 0) is 24.2 Å². The van der Waals surface area contributed by atoms with Crippen LogP contribution in [0.1, 0.15) is 37.6 Å². The Balaban J connectivity index is 1.75. The third-order valence-corrected chi connectivity index (χ3v) is 4.16. The molecular weight excluding hydrogens is 352 g/mol. The van der Waals surface area contributed by atoms with Crippen LogP contribution in [0.4, 0.5) is 10.6 Å². The minimum Gasteiger partial charge on any atom is -0.444 e. The summed E-state index contributed by atoms with van der Waals surface area (Å²) in [5.74, 6) is 0.729. The second kappa shape index (κ2) is 7.50. The van der Waals surface area contributed by atoms with Gasteiger partial charge in [0, 0.05) is 18.7 Å². The first-order chi connectivity index (χ1) is 12.3. The summed E-state index contributed by atoms with van der Waals surface area (Å²) in [6.07, 6.45) is 0.319. The zero-order valence-electron chi connectivity index (χ0n) is 15.3. The van der Waals surface area contributed by atoms with Gasteiger partial charge in [-0.1, -0.05) is 30.3 Å². The van der Waals surface area contributed by atoms with Crippen molar-refractivity contribution < 1.29 is 9.53 Å². The summed E-state index contributed by atoms with van der Waals surface area (Å²) in [6, 6.07) is 10.1. The van der Waals surface area contributed by atoms with E-state index in [-0.39, 0.29) is 11.4 Å². The predicted octanol–water partition coefficient (Wildman–Crippen LogP) is 4.04. The van der Waals surface area contributed by atoms with E-state index in [1.807, 2.05) is 51.1 Å². The van der Waals surface area contributed by atoms with Gasteiger partial charge in [-0.3, -0.25) is 0 Å². The first kappa shape index (κ1) is 18.5. The molecule has 1 amide bonds. The van der Waals surface area contributed by atoms with Gasteiger partial charge >= 0.3 is 6.09 Å². The van der Waals surface area contributed by atoms with Crippen molar-refractivity contribution in [3.63, 3.8) is 0 Å². The van der Waals surface area contributed by atoms with Crippen LogP contribution < -0.4 is 5.32 Å². The van der Waals surface area contributed by atoms with E-state index in [0.29, 0.717) is 26.1 Å². The summed E-state index contributed by atoms with van der Waals surface area (Å²) in [4.78, 5) is 22.6. The maximum Gasteiger partial charge on any atom is 0.410 e. The SMILES string of the molecule is CC(C)(C)OC(=O)N1CCc2c(nc(Cl)nc2NCc2ccccc2)C1. The monoisotopic (exact) mass is 374 g/mol. The molecular formula is C19H23ClN4O2. The number of anilines is 1. The lowest BCUT2D eigenvalue weighted by molar-refractivity contribution is 0.0221. The average molecular weight is 375 g/mol. The number of benzene rings is 1. The first-order valence-electron chi connectivity index (χ1n) is 8.63. The third kappa shape index (κ3) is 4.64. The minimum absolute atomic E-state index is 0.172. The highest BCUT2D eigenvalue weighted by molar-refractivity contribution is 6.28. The van der Waals surface area contributed by atoms with Crippen molar-refractivity contribution in [2.24, 2.45) is 0 Å². The maximum atomic E-state index is 12.3. The maximum absolute atomic E-state index is 12.3. The molecule has 0 atom stereocenters. The Labute approximate surface area is 158 Å². The van der Waals surface area contributed by atoms with Crippen molar-refractivity contribution in [1.82, 2.24) is 14.9 Å². The zero-order valence-corrected chi connectivity index (χ0v) is 16.0. The molecule has 2 heterocycles. The van der Waals surface area contributed by atoms with Crippen LogP contribution in [0, 0.1) is 0 Å². The van der Waals surface area contributed by atoms with E-state index >= 15 is 0 Å². The second-order valence-corrected chi connectivity index (χ2v) is 7.60. The van der Waals surface area contributed by atoms with Gasteiger partial charge in [0.25, 0.3) is 0 Å². The van der Waals surface area contributed by atoms with E-state index < -0.39 is 5.60 Å². The van der Waals surface area contributed by atoms with Crippen molar-refractivity contribution in [1.29, 1.82) is 0 Å². The summed E-state index contributed by atoms with van der Waals surface area (Å²) in [5, 5.41) is 3.51. The minimum atomic E-state index is -0.525. The molecule has 1 aliphatic rings. The van der Waals surface area contributed by atoms with E-state index in [1.165, 1.54) is 0 Å². The Morgan fingerprint density at radius 1 is 1.27 bits per heavy atom. The number of nitrogens with zero attached hydrogens (tertiary/aromatic N) is 3. The van der Waals surface area contributed by atoms with Gasteiger partial charge in [0.15, 0.2) is 0 Å². The van der Waals surface area contributed by atoms with E-state index in [0.717, 1.165) is 22.6 Å². The summed E-state index contributed by atoms with van der Waals surface area (Å²) in [7, 11) is 0. The number of hydrogen-bond acceptors (Lipinski definition) is 5. The number of hydrogen-bond donors (Lipinski definition) is 1. The largest absolute Gasteiger partial charge is 0.444 e. The van der Waals surface area contributed by atoms with Crippen LogP contribution in [0.5, 0.6) is 0 Å². The summed E-state index contributed by atoms with van der Waals surface area (Å²) >= 11 is 6.10. The van der Waals surface area contributed by atoms with Crippen LogP contribution in [-0.4, -0.2) is 33.1 Å². The van der Waals surface area contributed by atoms with Gasteiger partial charge in [0.2, 0.25) is 5.28 Å². The normalized spacial score (nSPS) is 13.9. The molecule has 1 aliphatic heterocycles. The number of rotatable bonds is 3. The van der Waals surface area contributed by atoms with Crippen LogP contribution in [0.3, 0.4) is 0 Å². The van der Waals surface area contributed by atoms with Gasteiger partial charge in [-0.05, 0) is 44.4 Å². The average Bonchev–Trinajstić information content (AvgIpc) is 2.58. The molecule has 0 unspecified atom stereocenters. The van der Waals surface area contributed by atoms with Crippen molar-refractivity contribution >= 4 is 23.5 Å². The van der Waals surface area contributed by atoms with E-state index in [4.69, 9.17) is 16.3 Å². The fourth-order valence-corrected chi connectivity index (χ4v) is 3.00. The van der Waals surface area contributed by atoms with Crippen molar-refractivity contribution in [2.45, 2.75) is 45.9 Å². The Bertz CT molecular complexity index is 790. The van der Waals surface area contributed by atoms with Crippen LogP contribution in [0.25, 0.3) is 0 Å². The molecule has 1 aromatic carbocycles. The second-order valence-electron chi connectivity index (χ2n) is 7.26. The smallest absolute Gasteiger partial charge is 0.410 e. The van der Waals surface area contributed by atoms with E-state index in [9.17, 15) is 4.79 Å². The van der Waals surface area contributed by atoms with Crippen LogP contribution in [0.15, 0.2) is 30.3 Å². The zero-order chi connectivity index (χ0) is 18.7. The number of fused-ring (bicyclic) bond motifs is 1. The molecule has 1 N–H and O–H groups in total. The molecule has 3 rings (SSSR count). The number of ether oxygens (including phenoxy) is 1. The van der Waals surface area contributed by atoms with E-state index in [2.05, 4.69) is 15.3 Å². The predicted molar refractivity (Wildman–Crippen MR) is 101 cm³/mol. The Morgan fingerprint density at radius 2 is 2.00 bits per heavy atom.